The highest BCUT2D eigenvalue weighted by atomic mass is 19.1. The predicted octanol–water partition coefficient (Wildman–Crippen LogP) is 4.82. The van der Waals surface area contributed by atoms with Crippen LogP contribution in [0.5, 0.6) is 0 Å². The molecule has 1 amide bonds. The minimum atomic E-state index is -0.653. The molecule has 3 aromatic rings. The molecule has 2 aliphatic rings. The monoisotopic (exact) mass is 452 g/mol. The molecule has 1 aliphatic heterocycles. The SMILES string of the molecule is Cc1c(C(=O)NC(c2cccc(F)c2)C2CCC2)c2cccc(F)c2c(=O)n1[C@H]1CCOC1. The van der Waals surface area contributed by atoms with Gasteiger partial charge in [0.1, 0.15) is 11.6 Å². The maximum absolute atomic E-state index is 14.8. The number of hydrogen-bond donors (Lipinski definition) is 1. The van der Waals surface area contributed by atoms with E-state index in [9.17, 15) is 18.4 Å². The first-order chi connectivity index (χ1) is 16.0. The largest absolute Gasteiger partial charge is 0.379 e. The van der Waals surface area contributed by atoms with E-state index in [1.807, 2.05) is 6.07 Å². The number of carbonyl (C=O) groups is 1. The normalized spacial score (nSPS) is 19.4. The van der Waals surface area contributed by atoms with E-state index in [-0.39, 0.29) is 40.2 Å². The van der Waals surface area contributed by atoms with Crippen molar-refractivity contribution in [1.29, 1.82) is 0 Å². The van der Waals surface area contributed by atoms with E-state index in [0.717, 1.165) is 19.3 Å². The van der Waals surface area contributed by atoms with Gasteiger partial charge in [-0.25, -0.2) is 8.78 Å². The smallest absolute Gasteiger partial charge is 0.261 e. The number of hydrogen-bond acceptors (Lipinski definition) is 3. The number of rotatable bonds is 5. The lowest BCUT2D eigenvalue weighted by Gasteiger charge is -2.35. The molecule has 33 heavy (non-hydrogen) atoms. The first-order valence-corrected chi connectivity index (χ1v) is 11.4. The molecule has 1 saturated carbocycles. The minimum absolute atomic E-state index is 0.0916. The third-order valence-electron chi connectivity index (χ3n) is 7.05. The zero-order chi connectivity index (χ0) is 23.1. The maximum atomic E-state index is 14.8. The number of nitrogens with one attached hydrogen (secondary N) is 1. The molecule has 1 aromatic heterocycles. The van der Waals surface area contributed by atoms with Gasteiger partial charge < -0.3 is 14.6 Å². The zero-order valence-corrected chi connectivity index (χ0v) is 18.4. The summed E-state index contributed by atoms with van der Waals surface area (Å²) in [6, 6.07) is 10.0. The summed E-state index contributed by atoms with van der Waals surface area (Å²) in [5.74, 6) is -1.20. The van der Waals surface area contributed by atoms with Gasteiger partial charge in [0.2, 0.25) is 0 Å². The van der Waals surface area contributed by atoms with E-state index in [4.69, 9.17) is 4.74 Å². The van der Waals surface area contributed by atoms with Crippen molar-refractivity contribution >= 4 is 16.7 Å². The zero-order valence-electron chi connectivity index (χ0n) is 18.4. The lowest BCUT2D eigenvalue weighted by Crippen LogP contribution is -2.38. The maximum Gasteiger partial charge on any atom is 0.261 e. The van der Waals surface area contributed by atoms with Crippen LogP contribution in [0.25, 0.3) is 10.8 Å². The summed E-state index contributed by atoms with van der Waals surface area (Å²) in [5.41, 5.74) is 1.02. The van der Waals surface area contributed by atoms with Gasteiger partial charge in [-0.2, -0.15) is 0 Å². The molecule has 7 heteroatoms. The molecule has 5 nitrogen and oxygen atoms in total. The molecule has 1 N–H and O–H groups in total. The average molecular weight is 453 g/mol. The van der Waals surface area contributed by atoms with Crippen LogP contribution in [0.1, 0.15) is 59.4 Å². The summed E-state index contributed by atoms with van der Waals surface area (Å²) >= 11 is 0. The number of aromatic nitrogens is 1. The molecular formula is C26H26F2N2O3. The van der Waals surface area contributed by atoms with Crippen LogP contribution in [-0.2, 0) is 4.74 Å². The summed E-state index contributed by atoms with van der Waals surface area (Å²) in [4.78, 5) is 27.0. The number of nitrogens with zero attached hydrogens (tertiary/aromatic N) is 1. The summed E-state index contributed by atoms with van der Waals surface area (Å²) in [7, 11) is 0. The highest BCUT2D eigenvalue weighted by molar-refractivity contribution is 6.08. The van der Waals surface area contributed by atoms with Crippen LogP contribution in [0.2, 0.25) is 0 Å². The summed E-state index contributed by atoms with van der Waals surface area (Å²) in [6.07, 6.45) is 3.56. The van der Waals surface area contributed by atoms with Gasteiger partial charge in [0.15, 0.2) is 0 Å². The Morgan fingerprint density at radius 2 is 1.94 bits per heavy atom. The van der Waals surface area contributed by atoms with E-state index in [2.05, 4.69) is 5.32 Å². The number of carbonyl (C=O) groups excluding carboxylic acids is 1. The molecule has 1 aliphatic carbocycles. The lowest BCUT2D eigenvalue weighted by molar-refractivity contribution is 0.0900. The van der Waals surface area contributed by atoms with Crippen molar-refractivity contribution in [1.82, 2.24) is 9.88 Å². The molecule has 2 fully saturated rings. The Kier molecular flexibility index (Phi) is 5.74. The van der Waals surface area contributed by atoms with E-state index >= 15 is 0 Å². The van der Waals surface area contributed by atoms with Crippen molar-refractivity contribution in [2.75, 3.05) is 13.2 Å². The predicted molar refractivity (Wildman–Crippen MR) is 121 cm³/mol. The molecule has 172 valence electrons. The highest BCUT2D eigenvalue weighted by Gasteiger charge is 2.32. The van der Waals surface area contributed by atoms with Gasteiger partial charge in [-0.15, -0.1) is 0 Å². The second-order valence-electron chi connectivity index (χ2n) is 9.01. The Balaban J connectivity index is 1.63. The molecule has 0 spiro atoms. The van der Waals surface area contributed by atoms with Gasteiger partial charge in [-0.3, -0.25) is 9.59 Å². The number of pyridine rings is 1. The standard InChI is InChI=1S/C26H26F2N2O3/c1-15-22(25(31)29-24(16-5-2-6-16)17-7-3-8-18(27)13-17)20-9-4-10-21(28)23(20)26(32)30(15)19-11-12-33-14-19/h3-4,7-10,13,16,19,24H,2,5-6,11-12,14H2,1H3,(H,29,31)/t19-,24?/m0/s1. The average Bonchev–Trinajstić information content (AvgIpc) is 3.26. The summed E-state index contributed by atoms with van der Waals surface area (Å²) < 4.78 is 35.8. The van der Waals surface area contributed by atoms with Gasteiger partial charge in [-0.1, -0.05) is 30.7 Å². The van der Waals surface area contributed by atoms with Crippen LogP contribution < -0.4 is 10.9 Å². The topological polar surface area (TPSA) is 60.3 Å². The van der Waals surface area contributed by atoms with Gasteiger partial charge >= 0.3 is 0 Å². The van der Waals surface area contributed by atoms with Crippen LogP contribution >= 0.6 is 0 Å². The van der Waals surface area contributed by atoms with Crippen molar-refractivity contribution in [2.24, 2.45) is 5.92 Å². The first-order valence-electron chi connectivity index (χ1n) is 11.4. The van der Waals surface area contributed by atoms with Crippen molar-refractivity contribution in [3.8, 4) is 0 Å². The molecule has 2 heterocycles. The Hall–Kier alpha value is -3.06. The van der Waals surface area contributed by atoms with Crippen LogP contribution in [0.15, 0.2) is 47.3 Å². The fraction of sp³-hybridized carbons (Fsp3) is 0.385. The number of benzene rings is 2. The van der Waals surface area contributed by atoms with Crippen molar-refractivity contribution in [3.63, 3.8) is 0 Å². The van der Waals surface area contributed by atoms with Crippen LogP contribution in [-0.4, -0.2) is 23.7 Å². The van der Waals surface area contributed by atoms with Gasteiger partial charge in [0.05, 0.1) is 29.6 Å². The minimum Gasteiger partial charge on any atom is -0.379 e. The van der Waals surface area contributed by atoms with E-state index in [1.165, 1.54) is 28.8 Å². The Morgan fingerprint density at radius 1 is 1.15 bits per heavy atom. The molecule has 1 unspecified atom stereocenters. The van der Waals surface area contributed by atoms with E-state index < -0.39 is 17.3 Å². The van der Waals surface area contributed by atoms with E-state index in [0.29, 0.717) is 30.9 Å². The second kappa shape index (κ2) is 8.71. The molecule has 1 saturated heterocycles. The van der Waals surface area contributed by atoms with Crippen molar-refractivity contribution in [3.05, 3.63) is 81.3 Å². The number of fused-ring (bicyclic) bond motifs is 1. The Bertz CT molecular complexity index is 1280. The quantitative estimate of drug-likeness (QED) is 0.604. The van der Waals surface area contributed by atoms with Crippen LogP contribution in [0.3, 0.4) is 0 Å². The molecule has 2 atom stereocenters. The number of halogens is 2. The molecular weight excluding hydrogens is 426 g/mol. The molecule has 0 radical (unpaired) electrons. The molecule has 5 rings (SSSR count). The third-order valence-corrected chi connectivity index (χ3v) is 7.05. The third kappa shape index (κ3) is 3.84. The number of amides is 1. The second-order valence-corrected chi connectivity index (χ2v) is 9.01. The van der Waals surface area contributed by atoms with Crippen LogP contribution in [0, 0.1) is 24.5 Å². The summed E-state index contributed by atoms with van der Waals surface area (Å²) in [5, 5.41) is 3.29. The number of ether oxygens (including phenoxy) is 1. The first kappa shape index (κ1) is 21.8. The van der Waals surface area contributed by atoms with E-state index in [1.54, 1.807) is 19.1 Å². The van der Waals surface area contributed by atoms with Gasteiger partial charge in [0.25, 0.3) is 11.5 Å². The fourth-order valence-corrected chi connectivity index (χ4v) is 5.15. The molecule has 2 aromatic carbocycles. The highest BCUT2D eigenvalue weighted by Crippen LogP contribution is 2.38. The summed E-state index contributed by atoms with van der Waals surface area (Å²) in [6.45, 7) is 2.58. The molecule has 0 bridgehead atoms. The Morgan fingerprint density at radius 3 is 2.61 bits per heavy atom. The fourth-order valence-electron chi connectivity index (χ4n) is 5.15. The van der Waals surface area contributed by atoms with Crippen molar-refractivity contribution < 1.29 is 18.3 Å². The van der Waals surface area contributed by atoms with Crippen LogP contribution in [0.4, 0.5) is 8.78 Å². The lowest BCUT2D eigenvalue weighted by atomic mass is 9.77. The van der Waals surface area contributed by atoms with Crippen molar-refractivity contribution in [2.45, 2.75) is 44.7 Å². The van der Waals surface area contributed by atoms with Gasteiger partial charge in [-0.05, 0) is 55.9 Å². The Labute approximate surface area is 190 Å². The van der Waals surface area contributed by atoms with Gasteiger partial charge in [0, 0.05) is 17.7 Å².